The lowest BCUT2D eigenvalue weighted by Crippen LogP contribution is -2.18. The third-order valence-electron chi connectivity index (χ3n) is 3.33. The van der Waals surface area contributed by atoms with Gasteiger partial charge in [-0.25, -0.2) is 0 Å². The number of aryl methyl sites for hydroxylation is 2. The topological polar surface area (TPSA) is 39.1 Å². The summed E-state index contributed by atoms with van der Waals surface area (Å²) in [4.78, 5) is 0. The highest BCUT2D eigenvalue weighted by molar-refractivity contribution is 5.29. The third kappa shape index (κ3) is 3.35. The van der Waals surface area contributed by atoms with Crippen molar-refractivity contribution in [2.24, 2.45) is 7.05 Å². The van der Waals surface area contributed by atoms with Gasteiger partial charge in [-0.3, -0.25) is 4.68 Å². The van der Waals surface area contributed by atoms with Crippen LogP contribution in [0.3, 0.4) is 0 Å². The molecular weight excluding hydrogens is 238 g/mol. The Bertz CT molecular complexity index is 531. The van der Waals surface area contributed by atoms with Gasteiger partial charge < -0.3 is 10.1 Å². The first-order valence-electron chi connectivity index (χ1n) is 6.46. The second-order valence-corrected chi connectivity index (χ2v) is 4.79. The van der Waals surface area contributed by atoms with Crippen LogP contribution in [0.4, 0.5) is 0 Å². The molecule has 1 heterocycles. The Kier molecular flexibility index (Phi) is 4.22. The fraction of sp³-hybridized carbons (Fsp3) is 0.400. The number of hydrogen-bond donors (Lipinski definition) is 1. The monoisotopic (exact) mass is 259 g/mol. The van der Waals surface area contributed by atoms with Crippen molar-refractivity contribution in [3.63, 3.8) is 0 Å². The highest BCUT2D eigenvalue weighted by atomic mass is 16.5. The molecule has 0 bridgehead atoms. The lowest BCUT2D eigenvalue weighted by Gasteiger charge is -2.14. The van der Waals surface area contributed by atoms with Crippen LogP contribution >= 0.6 is 0 Å². The fourth-order valence-corrected chi connectivity index (χ4v) is 2.10. The largest absolute Gasteiger partial charge is 0.497 e. The first-order valence-corrected chi connectivity index (χ1v) is 6.46. The second kappa shape index (κ2) is 5.89. The van der Waals surface area contributed by atoms with Crippen molar-refractivity contribution in [3.05, 3.63) is 47.3 Å². The quantitative estimate of drug-likeness (QED) is 0.897. The molecule has 0 saturated carbocycles. The molecule has 0 spiro atoms. The molecule has 0 fully saturated rings. The Labute approximate surface area is 114 Å². The van der Waals surface area contributed by atoms with Crippen molar-refractivity contribution in [1.82, 2.24) is 15.1 Å². The number of hydrogen-bond acceptors (Lipinski definition) is 3. The van der Waals surface area contributed by atoms with Crippen LogP contribution in [0.2, 0.25) is 0 Å². The standard InChI is InChI=1S/C15H21N3O/c1-11(13-5-7-15(19-4)8-6-13)16-9-14-10-18(3)17-12(14)2/h5-8,10-11,16H,9H2,1-4H3. The average molecular weight is 259 g/mol. The molecule has 1 aromatic carbocycles. The minimum absolute atomic E-state index is 0.297. The fourth-order valence-electron chi connectivity index (χ4n) is 2.10. The summed E-state index contributed by atoms with van der Waals surface area (Å²) in [6.07, 6.45) is 2.06. The Morgan fingerprint density at radius 3 is 2.53 bits per heavy atom. The van der Waals surface area contributed by atoms with Crippen LogP contribution in [-0.4, -0.2) is 16.9 Å². The SMILES string of the molecule is COc1ccc(C(C)NCc2cn(C)nc2C)cc1. The van der Waals surface area contributed by atoms with E-state index in [1.165, 1.54) is 11.1 Å². The van der Waals surface area contributed by atoms with Gasteiger partial charge in [0.05, 0.1) is 12.8 Å². The van der Waals surface area contributed by atoms with Gasteiger partial charge in [0.2, 0.25) is 0 Å². The first-order chi connectivity index (χ1) is 9.10. The molecule has 0 amide bonds. The van der Waals surface area contributed by atoms with E-state index in [1.807, 2.05) is 30.8 Å². The van der Waals surface area contributed by atoms with Crippen LogP contribution < -0.4 is 10.1 Å². The van der Waals surface area contributed by atoms with Crippen molar-refractivity contribution in [1.29, 1.82) is 0 Å². The van der Waals surface area contributed by atoms with E-state index < -0.39 is 0 Å². The van der Waals surface area contributed by atoms with E-state index in [0.717, 1.165) is 18.0 Å². The average Bonchev–Trinajstić information content (AvgIpc) is 2.74. The molecule has 0 aliphatic heterocycles. The Morgan fingerprint density at radius 2 is 2.00 bits per heavy atom. The van der Waals surface area contributed by atoms with Crippen LogP contribution in [0.25, 0.3) is 0 Å². The van der Waals surface area contributed by atoms with Gasteiger partial charge in [0.15, 0.2) is 0 Å². The minimum Gasteiger partial charge on any atom is -0.497 e. The van der Waals surface area contributed by atoms with Crippen LogP contribution in [0, 0.1) is 6.92 Å². The van der Waals surface area contributed by atoms with Gasteiger partial charge >= 0.3 is 0 Å². The molecule has 0 radical (unpaired) electrons. The molecule has 1 N–H and O–H groups in total. The summed E-state index contributed by atoms with van der Waals surface area (Å²) in [7, 11) is 3.63. The first kappa shape index (κ1) is 13.6. The second-order valence-electron chi connectivity index (χ2n) is 4.79. The molecular formula is C15H21N3O. The van der Waals surface area contributed by atoms with E-state index in [9.17, 15) is 0 Å². The molecule has 102 valence electrons. The van der Waals surface area contributed by atoms with E-state index in [1.54, 1.807) is 7.11 Å². The van der Waals surface area contributed by atoms with Gasteiger partial charge in [-0.1, -0.05) is 12.1 Å². The van der Waals surface area contributed by atoms with Crippen molar-refractivity contribution in [2.75, 3.05) is 7.11 Å². The number of benzene rings is 1. The zero-order valence-corrected chi connectivity index (χ0v) is 12.0. The van der Waals surface area contributed by atoms with E-state index >= 15 is 0 Å². The highest BCUT2D eigenvalue weighted by Crippen LogP contribution is 2.18. The van der Waals surface area contributed by atoms with E-state index in [0.29, 0.717) is 6.04 Å². The summed E-state index contributed by atoms with van der Waals surface area (Å²) in [5.41, 5.74) is 3.57. The van der Waals surface area contributed by atoms with Crippen molar-refractivity contribution in [2.45, 2.75) is 26.4 Å². The predicted octanol–water partition coefficient (Wildman–Crippen LogP) is 2.59. The molecule has 4 heteroatoms. The zero-order chi connectivity index (χ0) is 13.8. The summed E-state index contributed by atoms with van der Waals surface area (Å²) in [5.74, 6) is 0.888. The molecule has 1 unspecified atom stereocenters. The maximum atomic E-state index is 5.17. The van der Waals surface area contributed by atoms with E-state index in [4.69, 9.17) is 4.74 Å². The normalized spacial score (nSPS) is 12.4. The van der Waals surface area contributed by atoms with E-state index in [-0.39, 0.29) is 0 Å². The van der Waals surface area contributed by atoms with E-state index in [2.05, 4.69) is 35.7 Å². The Hall–Kier alpha value is -1.81. The number of nitrogens with zero attached hydrogens (tertiary/aromatic N) is 2. The molecule has 1 atom stereocenters. The number of rotatable bonds is 5. The highest BCUT2D eigenvalue weighted by Gasteiger charge is 2.07. The van der Waals surface area contributed by atoms with Gasteiger partial charge in [0.1, 0.15) is 5.75 Å². The minimum atomic E-state index is 0.297. The van der Waals surface area contributed by atoms with Crippen LogP contribution in [-0.2, 0) is 13.6 Å². The smallest absolute Gasteiger partial charge is 0.118 e. The Morgan fingerprint density at radius 1 is 1.32 bits per heavy atom. The van der Waals surface area contributed by atoms with Crippen LogP contribution in [0.15, 0.2) is 30.5 Å². The maximum absolute atomic E-state index is 5.17. The van der Waals surface area contributed by atoms with Crippen molar-refractivity contribution in [3.8, 4) is 5.75 Å². The van der Waals surface area contributed by atoms with Gasteiger partial charge in [-0.2, -0.15) is 5.10 Å². The molecule has 0 saturated heterocycles. The van der Waals surface area contributed by atoms with Crippen molar-refractivity contribution >= 4 is 0 Å². The summed E-state index contributed by atoms with van der Waals surface area (Å²) >= 11 is 0. The number of methoxy groups -OCH3 is 1. The third-order valence-corrected chi connectivity index (χ3v) is 3.33. The van der Waals surface area contributed by atoms with Crippen LogP contribution in [0.1, 0.15) is 29.8 Å². The summed E-state index contributed by atoms with van der Waals surface area (Å²) in [5, 5.41) is 7.86. The van der Waals surface area contributed by atoms with Crippen LogP contribution in [0.5, 0.6) is 5.75 Å². The summed E-state index contributed by atoms with van der Waals surface area (Å²) in [6, 6.07) is 8.45. The molecule has 2 rings (SSSR count). The predicted molar refractivity (Wildman–Crippen MR) is 76.2 cm³/mol. The molecule has 0 aliphatic carbocycles. The lowest BCUT2D eigenvalue weighted by atomic mass is 10.1. The molecule has 0 aliphatic rings. The molecule has 4 nitrogen and oxygen atoms in total. The summed E-state index contributed by atoms with van der Waals surface area (Å²) in [6.45, 7) is 5.02. The molecule has 1 aromatic heterocycles. The molecule has 2 aromatic rings. The van der Waals surface area contributed by atoms with Crippen molar-refractivity contribution < 1.29 is 4.74 Å². The zero-order valence-electron chi connectivity index (χ0n) is 12.0. The molecule has 19 heavy (non-hydrogen) atoms. The lowest BCUT2D eigenvalue weighted by molar-refractivity contribution is 0.414. The van der Waals surface area contributed by atoms with Gasteiger partial charge in [-0.05, 0) is 31.5 Å². The van der Waals surface area contributed by atoms with Gasteiger partial charge in [0, 0.05) is 31.4 Å². The number of aromatic nitrogens is 2. The number of ether oxygens (including phenoxy) is 1. The van der Waals surface area contributed by atoms with Gasteiger partial charge in [-0.15, -0.1) is 0 Å². The Balaban J connectivity index is 1.96. The summed E-state index contributed by atoms with van der Waals surface area (Å²) < 4.78 is 7.02. The maximum Gasteiger partial charge on any atom is 0.118 e. The van der Waals surface area contributed by atoms with Gasteiger partial charge in [0.25, 0.3) is 0 Å². The number of nitrogens with one attached hydrogen (secondary N) is 1.